The summed E-state index contributed by atoms with van der Waals surface area (Å²) in [6.07, 6.45) is 3.10. The Kier molecular flexibility index (Phi) is 4.97. The highest BCUT2D eigenvalue weighted by molar-refractivity contribution is 5.89. The largest absolute Gasteiger partial charge is 0.481 e. The molecule has 2 N–H and O–H groups in total. The first-order chi connectivity index (χ1) is 10.7. The Morgan fingerprint density at radius 2 is 2.13 bits per heavy atom. The molecule has 7 heteroatoms. The SMILES string of the molecule is CC(C)CC(C)n1nccc1NC(=O)N1CCC(C)(C(=O)O)C1. The van der Waals surface area contributed by atoms with Gasteiger partial charge in [-0.25, -0.2) is 9.48 Å². The van der Waals surface area contributed by atoms with Crippen LogP contribution in [0.2, 0.25) is 0 Å². The lowest BCUT2D eigenvalue weighted by Crippen LogP contribution is -2.37. The lowest BCUT2D eigenvalue weighted by Gasteiger charge is -2.22. The van der Waals surface area contributed by atoms with Gasteiger partial charge in [0.15, 0.2) is 0 Å². The van der Waals surface area contributed by atoms with Gasteiger partial charge in [0.25, 0.3) is 0 Å². The number of likely N-dealkylation sites (tertiary alicyclic amines) is 1. The highest BCUT2D eigenvalue weighted by atomic mass is 16.4. The molecule has 7 nitrogen and oxygen atoms in total. The van der Waals surface area contributed by atoms with E-state index >= 15 is 0 Å². The third-order valence-corrected chi connectivity index (χ3v) is 4.41. The third-order valence-electron chi connectivity index (χ3n) is 4.41. The zero-order valence-corrected chi connectivity index (χ0v) is 14.2. The van der Waals surface area contributed by atoms with Crippen molar-refractivity contribution in [1.82, 2.24) is 14.7 Å². The van der Waals surface area contributed by atoms with E-state index in [2.05, 4.69) is 31.2 Å². The quantitative estimate of drug-likeness (QED) is 0.872. The van der Waals surface area contributed by atoms with E-state index in [1.807, 2.05) is 4.68 Å². The Bertz CT molecular complexity index is 584. The van der Waals surface area contributed by atoms with Gasteiger partial charge in [-0.05, 0) is 32.6 Å². The standard InChI is InChI=1S/C16H26N4O3/c1-11(2)9-12(3)20-13(5-7-17-20)18-15(23)19-8-6-16(4,10-19)14(21)22/h5,7,11-12H,6,8-10H2,1-4H3,(H,18,23)(H,21,22). The van der Waals surface area contributed by atoms with Gasteiger partial charge in [-0.3, -0.25) is 10.1 Å². The number of carbonyl (C=O) groups excluding carboxylic acids is 1. The molecule has 128 valence electrons. The molecule has 0 radical (unpaired) electrons. The van der Waals surface area contributed by atoms with Gasteiger partial charge in [0, 0.05) is 19.2 Å². The maximum Gasteiger partial charge on any atom is 0.323 e. The number of carboxylic acids is 1. The van der Waals surface area contributed by atoms with Crippen LogP contribution in [-0.4, -0.2) is 44.9 Å². The number of nitrogens with one attached hydrogen (secondary N) is 1. The number of urea groups is 1. The molecule has 1 aromatic heterocycles. The molecule has 2 atom stereocenters. The number of hydrogen-bond acceptors (Lipinski definition) is 3. The predicted octanol–water partition coefficient (Wildman–Crippen LogP) is 2.82. The van der Waals surface area contributed by atoms with Crippen LogP contribution in [0.15, 0.2) is 12.3 Å². The van der Waals surface area contributed by atoms with Crippen LogP contribution in [-0.2, 0) is 4.79 Å². The molecule has 2 heterocycles. The molecule has 1 aliphatic rings. The van der Waals surface area contributed by atoms with E-state index in [0.717, 1.165) is 6.42 Å². The lowest BCUT2D eigenvalue weighted by atomic mass is 9.90. The van der Waals surface area contributed by atoms with Gasteiger partial charge >= 0.3 is 12.0 Å². The minimum Gasteiger partial charge on any atom is -0.481 e. The molecule has 1 fully saturated rings. The van der Waals surface area contributed by atoms with Crippen LogP contribution in [0.3, 0.4) is 0 Å². The molecule has 1 aromatic rings. The number of anilines is 1. The van der Waals surface area contributed by atoms with E-state index in [1.165, 1.54) is 0 Å². The fraction of sp³-hybridized carbons (Fsp3) is 0.688. The number of carbonyl (C=O) groups is 2. The maximum atomic E-state index is 12.4. The second-order valence-corrected chi connectivity index (χ2v) is 7.11. The molecule has 2 unspecified atom stereocenters. The van der Waals surface area contributed by atoms with Gasteiger partial charge in [0.2, 0.25) is 0 Å². The van der Waals surface area contributed by atoms with Crippen molar-refractivity contribution in [3.8, 4) is 0 Å². The first kappa shape index (κ1) is 17.3. The Morgan fingerprint density at radius 1 is 1.43 bits per heavy atom. The predicted molar refractivity (Wildman–Crippen MR) is 87.3 cm³/mol. The van der Waals surface area contributed by atoms with Crippen molar-refractivity contribution >= 4 is 17.8 Å². The second kappa shape index (κ2) is 6.60. The average molecular weight is 322 g/mol. The number of hydrogen-bond donors (Lipinski definition) is 2. The highest BCUT2D eigenvalue weighted by Crippen LogP contribution is 2.30. The first-order valence-corrected chi connectivity index (χ1v) is 8.06. The van der Waals surface area contributed by atoms with E-state index < -0.39 is 11.4 Å². The van der Waals surface area contributed by atoms with E-state index in [9.17, 15) is 14.7 Å². The number of carboxylic acid groups (broad SMARTS) is 1. The van der Waals surface area contributed by atoms with Crippen molar-refractivity contribution < 1.29 is 14.7 Å². The fourth-order valence-corrected chi connectivity index (χ4v) is 3.04. The van der Waals surface area contributed by atoms with Gasteiger partial charge in [0.1, 0.15) is 5.82 Å². The molecule has 0 saturated carbocycles. The number of aliphatic carboxylic acids is 1. The molecule has 0 spiro atoms. The highest BCUT2D eigenvalue weighted by Gasteiger charge is 2.42. The average Bonchev–Trinajstić information content (AvgIpc) is 3.05. The molecular weight excluding hydrogens is 296 g/mol. The zero-order valence-electron chi connectivity index (χ0n) is 14.2. The minimum atomic E-state index is -0.859. The number of amides is 2. The molecule has 2 amide bonds. The Labute approximate surface area is 136 Å². The van der Waals surface area contributed by atoms with Crippen molar-refractivity contribution in [2.24, 2.45) is 11.3 Å². The summed E-state index contributed by atoms with van der Waals surface area (Å²) in [6.45, 7) is 8.72. The maximum absolute atomic E-state index is 12.4. The molecule has 0 aliphatic carbocycles. The van der Waals surface area contributed by atoms with Crippen molar-refractivity contribution in [3.05, 3.63) is 12.3 Å². The van der Waals surface area contributed by atoms with Gasteiger partial charge in [-0.15, -0.1) is 0 Å². The van der Waals surface area contributed by atoms with Crippen molar-refractivity contribution in [1.29, 1.82) is 0 Å². The normalized spacial score (nSPS) is 22.4. The van der Waals surface area contributed by atoms with E-state index in [1.54, 1.807) is 24.1 Å². The van der Waals surface area contributed by atoms with Crippen molar-refractivity contribution in [3.63, 3.8) is 0 Å². The van der Waals surface area contributed by atoms with Gasteiger partial charge in [-0.2, -0.15) is 5.10 Å². The number of nitrogens with zero attached hydrogens (tertiary/aromatic N) is 3. The molecule has 1 aliphatic heterocycles. The summed E-state index contributed by atoms with van der Waals surface area (Å²) in [5.74, 6) is 0.322. The molecule has 1 saturated heterocycles. The first-order valence-electron chi connectivity index (χ1n) is 8.06. The minimum absolute atomic E-state index is 0.183. The van der Waals surface area contributed by atoms with Crippen molar-refractivity contribution in [2.75, 3.05) is 18.4 Å². The van der Waals surface area contributed by atoms with Gasteiger partial charge in [0.05, 0.1) is 17.7 Å². The van der Waals surface area contributed by atoms with Gasteiger partial charge in [-0.1, -0.05) is 13.8 Å². The van der Waals surface area contributed by atoms with E-state index in [0.29, 0.717) is 24.7 Å². The van der Waals surface area contributed by atoms with Crippen LogP contribution in [0.1, 0.15) is 46.6 Å². The third kappa shape index (κ3) is 3.83. The summed E-state index contributed by atoms with van der Waals surface area (Å²) in [6, 6.07) is 1.68. The van der Waals surface area contributed by atoms with Crippen LogP contribution in [0, 0.1) is 11.3 Å². The molecular formula is C16H26N4O3. The smallest absolute Gasteiger partial charge is 0.323 e. The van der Waals surface area contributed by atoms with E-state index in [-0.39, 0.29) is 18.6 Å². The second-order valence-electron chi connectivity index (χ2n) is 7.11. The summed E-state index contributed by atoms with van der Waals surface area (Å²) < 4.78 is 1.81. The van der Waals surface area contributed by atoms with Crippen LogP contribution in [0.25, 0.3) is 0 Å². The summed E-state index contributed by atoms with van der Waals surface area (Å²) in [5, 5.41) is 16.4. The van der Waals surface area contributed by atoms with Crippen LogP contribution in [0.5, 0.6) is 0 Å². The monoisotopic (exact) mass is 322 g/mol. The summed E-state index contributed by atoms with van der Waals surface area (Å²) in [7, 11) is 0. The number of rotatable bonds is 5. The molecule has 23 heavy (non-hydrogen) atoms. The Morgan fingerprint density at radius 3 is 2.70 bits per heavy atom. The van der Waals surface area contributed by atoms with Crippen LogP contribution >= 0.6 is 0 Å². The Balaban J connectivity index is 2.02. The van der Waals surface area contributed by atoms with E-state index in [4.69, 9.17) is 0 Å². The molecule has 2 rings (SSSR count). The zero-order chi connectivity index (χ0) is 17.2. The molecule has 0 bridgehead atoms. The summed E-state index contributed by atoms with van der Waals surface area (Å²) >= 11 is 0. The summed E-state index contributed by atoms with van der Waals surface area (Å²) in [4.78, 5) is 25.2. The van der Waals surface area contributed by atoms with Crippen molar-refractivity contribution in [2.45, 2.75) is 46.6 Å². The lowest BCUT2D eigenvalue weighted by molar-refractivity contribution is -0.146. The fourth-order valence-electron chi connectivity index (χ4n) is 3.04. The van der Waals surface area contributed by atoms with Gasteiger partial charge < -0.3 is 10.0 Å². The molecule has 0 aromatic carbocycles. The summed E-state index contributed by atoms with van der Waals surface area (Å²) in [5.41, 5.74) is -0.859. The van der Waals surface area contributed by atoms with Crippen LogP contribution in [0.4, 0.5) is 10.6 Å². The topological polar surface area (TPSA) is 87.5 Å². The number of aromatic nitrogens is 2. The Hall–Kier alpha value is -2.05. The van der Waals surface area contributed by atoms with Crippen LogP contribution < -0.4 is 5.32 Å².